The molecule has 2 rings (SSSR count). The Morgan fingerprint density at radius 1 is 1.55 bits per heavy atom. The Balaban J connectivity index is 2.45. The summed E-state index contributed by atoms with van der Waals surface area (Å²) < 4.78 is 4.97. The highest BCUT2D eigenvalue weighted by Gasteiger charge is 2.26. The lowest BCUT2D eigenvalue weighted by atomic mass is 10.0. The average Bonchev–Trinajstić information content (AvgIpc) is 2.30. The van der Waals surface area contributed by atoms with Crippen LogP contribution in [0, 0.1) is 5.92 Å². The second-order valence-electron chi connectivity index (χ2n) is 2.74. The number of hydrogen-bond donors (Lipinski definition) is 0. The molecule has 0 aromatic heterocycles. The van der Waals surface area contributed by atoms with Gasteiger partial charge in [0.15, 0.2) is 5.78 Å². The highest BCUT2D eigenvalue weighted by Crippen LogP contribution is 2.31. The van der Waals surface area contributed by atoms with Gasteiger partial charge in [-0.15, -0.1) is 0 Å². The maximum Gasteiger partial charge on any atom is 0.163 e. The predicted molar refractivity (Wildman–Crippen MR) is 40.6 cm³/mol. The molecule has 0 N–H and O–H groups in total. The second kappa shape index (κ2) is 2.09. The third kappa shape index (κ3) is 0.827. The molecule has 2 heteroatoms. The van der Waals surface area contributed by atoms with Crippen molar-refractivity contribution < 1.29 is 9.53 Å². The Bertz CT molecular complexity index is 295. The van der Waals surface area contributed by atoms with Gasteiger partial charge in [-0.2, -0.15) is 0 Å². The molecule has 11 heavy (non-hydrogen) atoms. The lowest BCUT2D eigenvalue weighted by Gasteiger charge is -2.08. The first-order valence-electron chi connectivity index (χ1n) is 3.57. The maximum atomic E-state index is 11.1. The number of rotatable bonds is 0. The molecule has 0 bridgehead atoms. The van der Waals surface area contributed by atoms with Gasteiger partial charge in [0.25, 0.3) is 0 Å². The van der Waals surface area contributed by atoms with Crippen LogP contribution in [-0.2, 0) is 9.53 Å². The van der Waals surface area contributed by atoms with E-state index in [4.69, 9.17) is 4.74 Å². The lowest BCUT2D eigenvalue weighted by molar-refractivity contribution is -0.116. The Kier molecular flexibility index (Phi) is 1.22. The van der Waals surface area contributed by atoms with Gasteiger partial charge in [-0.3, -0.25) is 4.79 Å². The standard InChI is InChI=1S/C9H8O2/c1-6-8-5-11-3-2-7(8)4-9(6)10/h2-6H,1H3. The summed E-state index contributed by atoms with van der Waals surface area (Å²) in [5.41, 5.74) is 1.99. The summed E-state index contributed by atoms with van der Waals surface area (Å²) in [6, 6.07) is 0. The molecule has 0 saturated heterocycles. The van der Waals surface area contributed by atoms with Crippen LogP contribution in [0.15, 0.2) is 35.8 Å². The molecule has 0 radical (unpaired) electrons. The first kappa shape index (κ1) is 6.40. The van der Waals surface area contributed by atoms with Crippen molar-refractivity contribution in [2.24, 2.45) is 5.92 Å². The molecular weight excluding hydrogens is 140 g/mol. The van der Waals surface area contributed by atoms with Crippen LogP contribution in [-0.4, -0.2) is 5.78 Å². The van der Waals surface area contributed by atoms with Crippen LogP contribution >= 0.6 is 0 Å². The molecule has 0 saturated carbocycles. The van der Waals surface area contributed by atoms with Gasteiger partial charge in [0.2, 0.25) is 0 Å². The van der Waals surface area contributed by atoms with Crippen molar-refractivity contribution in [1.82, 2.24) is 0 Å². The van der Waals surface area contributed by atoms with E-state index < -0.39 is 0 Å². The zero-order valence-corrected chi connectivity index (χ0v) is 6.20. The van der Waals surface area contributed by atoms with Crippen molar-refractivity contribution >= 4 is 5.78 Å². The molecule has 2 nitrogen and oxygen atoms in total. The molecule has 1 heterocycles. The van der Waals surface area contributed by atoms with E-state index in [0.29, 0.717) is 0 Å². The number of ether oxygens (including phenoxy) is 1. The molecule has 1 aliphatic carbocycles. The lowest BCUT2D eigenvalue weighted by Crippen LogP contribution is -2.04. The van der Waals surface area contributed by atoms with E-state index in [-0.39, 0.29) is 11.7 Å². The summed E-state index contributed by atoms with van der Waals surface area (Å²) in [4.78, 5) is 11.1. The average molecular weight is 148 g/mol. The van der Waals surface area contributed by atoms with E-state index in [9.17, 15) is 4.79 Å². The molecule has 0 fully saturated rings. The van der Waals surface area contributed by atoms with E-state index in [0.717, 1.165) is 11.1 Å². The molecule has 0 spiro atoms. The fourth-order valence-electron chi connectivity index (χ4n) is 1.30. The van der Waals surface area contributed by atoms with Crippen molar-refractivity contribution in [2.45, 2.75) is 6.92 Å². The third-order valence-electron chi connectivity index (χ3n) is 2.05. The molecule has 1 atom stereocenters. The number of hydrogen-bond acceptors (Lipinski definition) is 2. The summed E-state index contributed by atoms with van der Waals surface area (Å²) in [6.07, 6.45) is 6.70. The van der Waals surface area contributed by atoms with Gasteiger partial charge in [0, 0.05) is 11.5 Å². The Morgan fingerprint density at radius 2 is 2.36 bits per heavy atom. The minimum Gasteiger partial charge on any atom is -0.472 e. The van der Waals surface area contributed by atoms with E-state index in [2.05, 4.69) is 0 Å². The molecule has 0 amide bonds. The van der Waals surface area contributed by atoms with E-state index >= 15 is 0 Å². The van der Waals surface area contributed by atoms with Gasteiger partial charge < -0.3 is 4.74 Å². The summed E-state index contributed by atoms with van der Waals surface area (Å²) in [6.45, 7) is 1.89. The Morgan fingerprint density at radius 3 is 3.09 bits per heavy atom. The predicted octanol–water partition coefficient (Wildman–Crippen LogP) is 1.56. The fraction of sp³-hybridized carbons (Fsp3) is 0.222. The van der Waals surface area contributed by atoms with Crippen molar-refractivity contribution in [3.8, 4) is 0 Å². The van der Waals surface area contributed by atoms with Crippen LogP contribution in [0.25, 0.3) is 0 Å². The molecule has 1 aliphatic heterocycles. The van der Waals surface area contributed by atoms with Crippen LogP contribution < -0.4 is 0 Å². The van der Waals surface area contributed by atoms with Gasteiger partial charge in [-0.1, -0.05) is 6.92 Å². The zero-order chi connectivity index (χ0) is 7.84. The minimum absolute atomic E-state index is 0.0186. The normalized spacial score (nSPS) is 27.4. The molecule has 0 aromatic rings. The van der Waals surface area contributed by atoms with Gasteiger partial charge in [-0.05, 0) is 17.7 Å². The summed E-state index contributed by atoms with van der Waals surface area (Å²) >= 11 is 0. The van der Waals surface area contributed by atoms with Gasteiger partial charge in [0.1, 0.15) is 0 Å². The third-order valence-corrected chi connectivity index (χ3v) is 2.05. The van der Waals surface area contributed by atoms with Crippen LogP contribution in [0.4, 0.5) is 0 Å². The second-order valence-corrected chi connectivity index (χ2v) is 2.74. The van der Waals surface area contributed by atoms with E-state index in [1.165, 1.54) is 0 Å². The maximum absolute atomic E-state index is 11.1. The van der Waals surface area contributed by atoms with Crippen LogP contribution in [0.3, 0.4) is 0 Å². The highest BCUT2D eigenvalue weighted by atomic mass is 16.5. The van der Waals surface area contributed by atoms with Crippen molar-refractivity contribution in [3.05, 3.63) is 35.8 Å². The molecule has 1 unspecified atom stereocenters. The Labute approximate surface area is 64.9 Å². The summed E-state index contributed by atoms with van der Waals surface area (Å²) in [5, 5.41) is 0. The number of allylic oxidation sites excluding steroid dienone is 4. The van der Waals surface area contributed by atoms with Crippen LogP contribution in [0.5, 0.6) is 0 Å². The van der Waals surface area contributed by atoms with Crippen LogP contribution in [0.1, 0.15) is 6.92 Å². The fourth-order valence-corrected chi connectivity index (χ4v) is 1.30. The quantitative estimate of drug-likeness (QED) is 0.521. The number of carbonyl (C=O) groups excluding carboxylic acids is 1. The van der Waals surface area contributed by atoms with Crippen LogP contribution in [0.2, 0.25) is 0 Å². The first-order chi connectivity index (χ1) is 5.29. The first-order valence-corrected chi connectivity index (χ1v) is 3.57. The van der Waals surface area contributed by atoms with Gasteiger partial charge in [-0.25, -0.2) is 0 Å². The smallest absolute Gasteiger partial charge is 0.163 e. The van der Waals surface area contributed by atoms with Crippen molar-refractivity contribution in [1.29, 1.82) is 0 Å². The zero-order valence-electron chi connectivity index (χ0n) is 6.20. The van der Waals surface area contributed by atoms with E-state index in [1.807, 2.05) is 13.0 Å². The highest BCUT2D eigenvalue weighted by molar-refractivity contribution is 6.00. The Hall–Kier alpha value is -1.31. The molecule has 0 aromatic carbocycles. The summed E-state index contributed by atoms with van der Waals surface area (Å²) in [7, 11) is 0. The molecular formula is C9H8O2. The van der Waals surface area contributed by atoms with Gasteiger partial charge >= 0.3 is 0 Å². The van der Waals surface area contributed by atoms with Gasteiger partial charge in [0.05, 0.1) is 12.5 Å². The molecule has 56 valence electrons. The minimum atomic E-state index is -0.0186. The summed E-state index contributed by atoms with van der Waals surface area (Å²) in [5.74, 6) is 0.149. The van der Waals surface area contributed by atoms with Crippen molar-refractivity contribution in [2.75, 3.05) is 0 Å². The monoisotopic (exact) mass is 148 g/mol. The number of ketones is 1. The SMILES string of the molecule is CC1C(=O)C=C2C=COC=C21. The van der Waals surface area contributed by atoms with Crippen molar-refractivity contribution in [3.63, 3.8) is 0 Å². The molecule has 2 aliphatic rings. The topological polar surface area (TPSA) is 26.3 Å². The number of fused-ring (bicyclic) bond motifs is 1. The van der Waals surface area contributed by atoms with E-state index in [1.54, 1.807) is 18.6 Å². The largest absolute Gasteiger partial charge is 0.472 e. The number of carbonyl (C=O) groups is 1.